The fraction of sp³-hybridized carbons (Fsp3) is 0.214. The van der Waals surface area contributed by atoms with Crippen molar-refractivity contribution in [2.24, 2.45) is 0 Å². The number of anilines is 1. The van der Waals surface area contributed by atoms with E-state index in [1.165, 1.54) is 12.1 Å². The van der Waals surface area contributed by atoms with Gasteiger partial charge in [-0.05, 0) is 46.1 Å². The Morgan fingerprint density at radius 1 is 1.32 bits per heavy atom. The molecular weight excluding hydrogens is 329 g/mol. The zero-order valence-corrected chi connectivity index (χ0v) is 12.4. The highest BCUT2D eigenvalue weighted by atomic mass is 79.9. The number of nitrogens with zero attached hydrogens (tertiary/aromatic N) is 1. The molecule has 0 aliphatic carbocycles. The average Bonchev–Trinajstić information content (AvgIpc) is 2.79. The normalized spacial score (nSPS) is 14.6. The lowest BCUT2D eigenvalue weighted by Gasteiger charge is -2.29. The van der Waals surface area contributed by atoms with Crippen molar-refractivity contribution in [2.45, 2.75) is 19.4 Å². The summed E-state index contributed by atoms with van der Waals surface area (Å²) >= 11 is 4.99. The first-order valence-electron chi connectivity index (χ1n) is 5.95. The second-order valence-corrected chi connectivity index (χ2v) is 6.40. The number of aryl methyl sites for hydroxylation is 1. The molecule has 0 atom stereocenters. The van der Waals surface area contributed by atoms with Crippen molar-refractivity contribution < 1.29 is 9.18 Å². The molecule has 0 saturated carbocycles. The number of halogens is 2. The largest absolute Gasteiger partial charge is 0.307 e. The van der Waals surface area contributed by atoms with Crippen LogP contribution in [0.3, 0.4) is 0 Å². The van der Waals surface area contributed by atoms with Gasteiger partial charge >= 0.3 is 0 Å². The van der Waals surface area contributed by atoms with Crippen LogP contribution in [0.25, 0.3) is 0 Å². The molecule has 0 fully saturated rings. The van der Waals surface area contributed by atoms with Crippen LogP contribution in [0.2, 0.25) is 0 Å². The van der Waals surface area contributed by atoms with Crippen molar-refractivity contribution in [3.63, 3.8) is 0 Å². The average molecular weight is 340 g/mol. The van der Waals surface area contributed by atoms with Crippen molar-refractivity contribution in [1.82, 2.24) is 0 Å². The summed E-state index contributed by atoms with van der Waals surface area (Å²) in [7, 11) is 0. The summed E-state index contributed by atoms with van der Waals surface area (Å²) in [5.74, 6) is -0.242. The van der Waals surface area contributed by atoms with Crippen LogP contribution in [0.1, 0.15) is 16.9 Å². The first-order valence-corrected chi connectivity index (χ1v) is 7.62. The minimum atomic E-state index is -0.300. The molecule has 2 heterocycles. The number of hydrogen-bond acceptors (Lipinski definition) is 2. The summed E-state index contributed by atoms with van der Waals surface area (Å²) in [6, 6.07) is 6.67. The minimum Gasteiger partial charge on any atom is -0.307 e. The fourth-order valence-corrected chi connectivity index (χ4v) is 3.72. The molecule has 0 bridgehead atoms. The van der Waals surface area contributed by atoms with Gasteiger partial charge in [0.25, 0.3) is 0 Å². The SMILES string of the molecule is O=C1CCc2ccc(F)cc2N1Cc1cc(Br)cs1. The highest BCUT2D eigenvalue weighted by molar-refractivity contribution is 9.10. The molecular formula is C14H11BrFNOS. The lowest BCUT2D eigenvalue weighted by Crippen LogP contribution is -2.34. The molecule has 1 aromatic heterocycles. The number of fused-ring (bicyclic) bond motifs is 1. The molecule has 1 amide bonds. The Morgan fingerprint density at radius 3 is 2.89 bits per heavy atom. The topological polar surface area (TPSA) is 20.3 Å². The van der Waals surface area contributed by atoms with E-state index < -0.39 is 0 Å². The molecule has 0 N–H and O–H groups in total. The fourth-order valence-electron chi connectivity index (χ4n) is 2.28. The van der Waals surface area contributed by atoms with Crippen molar-refractivity contribution in [1.29, 1.82) is 0 Å². The summed E-state index contributed by atoms with van der Waals surface area (Å²) in [6.07, 6.45) is 1.18. The monoisotopic (exact) mass is 339 g/mol. The van der Waals surface area contributed by atoms with Gasteiger partial charge in [-0.15, -0.1) is 11.3 Å². The molecule has 5 heteroatoms. The molecule has 0 radical (unpaired) electrons. The first-order chi connectivity index (χ1) is 9.13. The Bertz CT molecular complexity index is 640. The molecule has 3 rings (SSSR count). The number of rotatable bonds is 2. The lowest BCUT2D eigenvalue weighted by atomic mass is 10.0. The smallest absolute Gasteiger partial charge is 0.227 e. The van der Waals surface area contributed by atoms with Crippen LogP contribution in [0.4, 0.5) is 10.1 Å². The Kier molecular flexibility index (Phi) is 3.41. The van der Waals surface area contributed by atoms with Crippen LogP contribution in [0, 0.1) is 5.82 Å². The van der Waals surface area contributed by atoms with Gasteiger partial charge < -0.3 is 4.90 Å². The van der Waals surface area contributed by atoms with Crippen LogP contribution < -0.4 is 4.90 Å². The van der Waals surface area contributed by atoms with E-state index in [0.717, 1.165) is 14.9 Å². The summed E-state index contributed by atoms with van der Waals surface area (Å²) < 4.78 is 14.4. The van der Waals surface area contributed by atoms with E-state index >= 15 is 0 Å². The maximum Gasteiger partial charge on any atom is 0.227 e. The second kappa shape index (κ2) is 5.06. The third kappa shape index (κ3) is 2.58. The molecule has 2 aromatic rings. The van der Waals surface area contributed by atoms with Gasteiger partial charge in [-0.1, -0.05) is 6.07 Å². The molecule has 2 nitrogen and oxygen atoms in total. The maximum atomic E-state index is 13.4. The van der Waals surface area contributed by atoms with E-state index in [9.17, 15) is 9.18 Å². The number of hydrogen-bond donors (Lipinski definition) is 0. The first kappa shape index (κ1) is 12.8. The van der Waals surface area contributed by atoms with Gasteiger partial charge in [0.15, 0.2) is 0 Å². The number of carbonyl (C=O) groups excluding carboxylic acids is 1. The van der Waals surface area contributed by atoms with E-state index in [-0.39, 0.29) is 11.7 Å². The van der Waals surface area contributed by atoms with E-state index in [1.807, 2.05) is 11.4 Å². The van der Waals surface area contributed by atoms with Crippen molar-refractivity contribution >= 4 is 38.9 Å². The van der Waals surface area contributed by atoms with E-state index in [4.69, 9.17) is 0 Å². The number of amides is 1. The Morgan fingerprint density at radius 2 is 2.16 bits per heavy atom. The van der Waals surface area contributed by atoms with Gasteiger partial charge in [-0.3, -0.25) is 4.79 Å². The van der Waals surface area contributed by atoms with Crippen molar-refractivity contribution in [2.75, 3.05) is 4.90 Å². The summed E-state index contributed by atoms with van der Waals surface area (Å²) in [5.41, 5.74) is 1.75. The predicted molar refractivity (Wildman–Crippen MR) is 77.9 cm³/mol. The predicted octanol–water partition coefficient (Wildman–Crippen LogP) is 4.13. The van der Waals surface area contributed by atoms with Crippen LogP contribution in [-0.4, -0.2) is 5.91 Å². The third-order valence-corrected chi connectivity index (χ3v) is 4.87. The Labute approximate surface area is 123 Å². The molecule has 19 heavy (non-hydrogen) atoms. The molecule has 0 unspecified atom stereocenters. The van der Waals surface area contributed by atoms with Gasteiger partial charge in [-0.25, -0.2) is 4.39 Å². The van der Waals surface area contributed by atoms with Gasteiger partial charge in [0.2, 0.25) is 5.91 Å². The highest BCUT2D eigenvalue weighted by Crippen LogP contribution is 2.31. The van der Waals surface area contributed by atoms with Gasteiger partial charge in [0.1, 0.15) is 5.82 Å². The maximum absolute atomic E-state index is 13.4. The molecule has 0 spiro atoms. The Balaban J connectivity index is 1.96. The zero-order valence-electron chi connectivity index (χ0n) is 10.0. The summed E-state index contributed by atoms with van der Waals surface area (Å²) in [4.78, 5) is 14.8. The summed E-state index contributed by atoms with van der Waals surface area (Å²) in [6.45, 7) is 0.506. The van der Waals surface area contributed by atoms with E-state index in [2.05, 4.69) is 15.9 Å². The molecule has 98 valence electrons. The quantitative estimate of drug-likeness (QED) is 0.805. The van der Waals surface area contributed by atoms with Crippen LogP contribution in [-0.2, 0) is 17.8 Å². The van der Waals surface area contributed by atoms with Gasteiger partial charge in [-0.2, -0.15) is 0 Å². The zero-order chi connectivity index (χ0) is 13.4. The number of benzene rings is 1. The van der Waals surface area contributed by atoms with Crippen molar-refractivity contribution in [3.05, 3.63) is 50.4 Å². The molecule has 1 aromatic carbocycles. The summed E-state index contributed by atoms with van der Waals surface area (Å²) in [5, 5.41) is 1.98. The van der Waals surface area contributed by atoms with Crippen LogP contribution in [0.15, 0.2) is 34.1 Å². The molecule has 0 saturated heterocycles. The van der Waals surface area contributed by atoms with Gasteiger partial charge in [0, 0.05) is 21.2 Å². The third-order valence-electron chi connectivity index (χ3n) is 3.18. The van der Waals surface area contributed by atoms with E-state index in [1.54, 1.807) is 22.3 Å². The molecule has 1 aliphatic rings. The standard InChI is InChI=1S/C14H11BrFNOS/c15-10-5-12(19-8-10)7-17-13-6-11(16)3-1-9(13)2-4-14(17)18/h1,3,5-6,8H,2,4,7H2. The van der Waals surface area contributed by atoms with Crippen LogP contribution in [0.5, 0.6) is 0 Å². The highest BCUT2D eigenvalue weighted by Gasteiger charge is 2.24. The van der Waals surface area contributed by atoms with E-state index in [0.29, 0.717) is 25.1 Å². The lowest BCUT2D eigenvalue weighted by molar-refractivity contribution is -0.119. The van der Waals surface area contributed by atoms with Gasteiger partial charge in [0.05, 0.1) is 12.2 Å². The minimum absolute atomic E-state index is 0.0580. The number of thiophene rings is 1. The number of carbonyl (C=O) groups is 1. The Hall–Kier alpha value is -1.20. The van der Waals surface area contributed by atoms with Crippen molar-refractivity contribution in [3.8, 4) is 0 Å². The van der Waals surface area contributed by atoms with Crippen LogP contribution >= 0.6 is 27.3 Å². The second-order valence-electron chi connectivity index (χ2n) is 4.48. The molecule has 1 aliphatic heterocycles.